The number of nitrogens with one attached hydrogen (secondary N) is 1. The molecule has 0 saturated carbocycles. The van der Waals surface area contributed by atoms with Crippen LogP contribution in [0.5, 0.6) is 0 Å². The van der Waals surface area contributed by atoms with Gasteiger partial charge in [0.25, 0.3) is 0 Å². The third-order valence-electron chi connectivity index (χ3n) is 3.00. The van der Waals surface area contributed by atoms with Crippen molar-refractivity contribution in [1.29, 1.82) is 0 Å². The van der Waals surface area contributed by atoms with Gasteiger partial charge in [0.05, 0.1) is 0 Å². The Balaban J connectivity index is 2.04. The molecule has 0 bridgehead atoms. The van der Waals surface area contributed by atoms with E-state index in [0.29, 0.717) is 0 Å². The molecular formula is C13H17BrN2O. The summed E-state index contributed by atoms with van der Waals surface area (Å²) in [5, 5.41) is 3.00. The van der Waals surface area contributed by atoms with Crippen LogP contribution in [0.2, 0.25) is 0 Å². The van der Waals surface area contributed by atoms with E-state index in [1.54, 1.807) is 6.92 Å². The van der Waals surface area contributed by atoms with Crippen molar-refractivity contribution in [3.05, 3.63) is 28.7 Å². The van der Waals surface area contributed by atoms with Gasteiger partial charge in [0.2, 0.25) is 5.91 Å². The second kappa shape index (κ2) is 5.54. The Bertz CT molecular complexity index is 408. The van der Waals surface area contributed by atoms with E-state index < -0.39 is 0 Å². The van der Waals surface area contributed by atoms with E-state index in [9.17, 15) is 4.79 Å². The summed E-state index contributed by atoms with van der Waals surface area (Å²) < 4.78 is 1.09. The van der Waals surface area contributed by atoms with E-state index >= 15 is 0 Å². The van der Waals surface area contributed by atoms with Crippen LogP contribution in [-0.2, 0) is 4.79 Å². The van der Waals surface area contributed by atoms with Crippen LogP contribution in [0, 0.1) is 0 Å². The number of amides is 1. The van der Waals surface area contributed by atoms with E-state index in [1.807, 2.05) is 12.1 Å². The zero-order valence-electron chi connectivity index (χ0n) is 9.95. The Hall–Kier alpha value is -1.03. The number of hydrogen-bond acceptors (Lipinski definition) is 2. The number of piperidine rings is 1. The molecule has 1 saturated heterocycles. The first-order chi connectivity index (χ1) is 8.15. The quantitative estimate of drug-likeness (QED) is 0.910. The van der Waals surface area contributed by atoms with Crippen molar-refractivity contribution in [2.45, 2.75) is 25.8 Å². The second-order valence-corrected chi connectivity index (χ2v) is 5.38. The molecule has 1 heterocycles. The Labute approximate surface area is 110 Å². The zero-order valence-corrected chi connectivity index (χ0v) is 11.5. The summed E-state index contributed by atoms with van der Waals surface area (Å²) in [5.41, 5.74) is 1.22. The molecule has 1 aromatic rings. The van der Waals surface area contributed by atoms with Gasteiger partial charge < -0.3 is 10.2 Å². The Morgan fingerprint density at radius 2 is 2.35 bits per heavy atom. The van der Waals surface area contributed by atoms with Crippen molar-refractivity contribution in [2.24, 2.45) is 0 Å². The standard InChI is InChI=1S/C13H17BrN2O/c1-10(17)15-12-5-3-7-16(9-12)13-6-2-4-11(14)8-13/h2,4,6,8,12H,3,5,7,9H2,1H3,(H,15,17). The van der Waals surface area contributed by atoms with Crippen molar-refractivity contribution in [3.63, 3.8) is 0 Å². The maximum Gasteiger partial charge on any atom is 0.217 e. The van der Waals surface area contributed by atoms with E-state index in [0.717, 1.165) is 30.4 Å². The molecule has 0 radical (unpaired) electrons. The van der Waals surface area contributed by atoms with Crippen LogP contribution in [-0.4, -0.2) is 25.0 Å². The largest absolute Gasteiger partial charge is 0.369 e. The minimum Gasteiger partial charge on any atom is -0.369 e. The maximum atomic E-state index is 11.1. The van der Waals surface area contributed by atoms with Gasteiger partial charge in [0.1, 0.15) is 0 Å². The third-order valence-corrected chi connectivity index (χ3v) is 3.50. The number of carbonyl (C=O) groups excluding carboxylic acids is 1. The number of nitrogens with zero attached hydrogens (tertiary/aromatic N) is 1. The van der Waals surface area contributed by atoms with Crippen molar-refractivity contribution in [2.75, 3.05) is 18.0 Å². The van der Waals surface area contributed by atoms with Gasteiger partial charge in [-0.1, -0.05) is 22.0 Å². The van der Waals surface area contributed by atoms with E-state index in [4.69, 9.17) is 0 Å². The first kappa shape index (κ1) is 12.4. The molecule has 1 aromatic carbocycles. The number of hydrogen-bond donors (Lipinski definition) is 1. The van der Waals surface area contributed by atoms with Gasteiger partial charge in [-0.05, 0) is 31.0 Å². The van der Waals surface area contributed by atoms with Crippen LogP contribution in [0.4, 0.5) is 5.69 Å². The minimum absolute atomic E-state index is 0.0612. The SMILES string of the molecule is CC(=O)NC1CCCN(c2cccc(Br)c2)C1. The predicted molar refractivity (Wildman–Crippen MR) is 73.2 cm³/mol. The Morgan fingerprint density at radius 1 is 1.53 bits per heavy atom. The third kappa shape index (κ3) is 3.46. The van der Waals surface area contributed by atoms with E-state index in [-0.39, 0.29) is 11.9 Å². The first-order valence-corrected chi connectivity index (χ1v) is 6.72. The molecule has 0 aliphatic carbocycles. The number of halogens is 1. The molecule has 1 aliphatic rings. The molecule has 1 unspecified atom stereocenters. The minimum atomic E-state index is 0.0612. The molecule has 0 aromatic heterocycles. The van der Waals surface area contributed by atoms with Crippen molar-refractivity contribution in [3.8, 4) is 0 Å². The van der Waals surface area contributed by atoms with Crippen LogP contribution in [0.15, 0.2) is 28.7 Å². The highest BCUT2D eigenvalue weighted by Crippen LogP contribution is 2.23. The molecule has 1 aliphatic heterocycles. The van der Waals surface area contributed by atoms with Crippen LogP contribution in [0.1, 0.15) is 19.8 Å². The van der Waals surface area contributed by atoms with Gasteiger partial charge in [-0.15, -0.1) is 0 Å². The van der Waals surface area contributed by atoms with Gasteiger partial charge in [-0.3, -0.25) is 4.79 Å². The summed E-state index contributed by atoms with van der Waals surface area (Å²) in [6.07, 6.45) is 2.20. The fraction of sp³-hybridized carbons (Fsp3) is 0.462. The maximum absolute atomic E-state index is 11.1. The highest BCUT2D eigenvalue weighted by Gasteiger charge is 2.20. The molecule has 0 spiro atoms. The summed E-state index contributed by atoms with van der Waals surface area (Å²) in [4.78, 5) is 13.4. The molecule has 1 N–H and O–H groups in total. The molecule has 1 fully saturated rings. The van der Waals surface area contributed by atoms with Crippen LogP contribution < -0.4 is 10.2 Å². The van der Waals surface area contributed by atoms with Crippen LogP contribution in [0.3, 0.4) is 0 Å². The molecule has 3 nitrogen and oxygen atoms in total. The molecule has 1 atom stereocenters. The van der Waals surface area contributed by atoms with Crippen molar-refractivity contribution >= 4 is 27.5 Å². The van der Waals surface area contributed by atoms with Crippen molar-refractivity contribution < 1.29 is 4.79 Å². The zero-order chi connectivity index (χ0) is 12.3. The monoisotopic (exact) mass is 296 g/mol. The molecule has 2 rings (SSSR count). The highest BCUT2D eigenvalue weighted by atomic mass is 79.9. The molecule has 92 valence electrons. The summed E-state index contributed by atoms with van der Waals surface area (Å²) >= 11 is 3.49. The number of rotatable bonds is 2. The summed E-state index contributed by atoms with van der Waals surface area (Å²) in [6, 6.07) is 8.58. The lowest BCUT2D eigenvalue weighted by Gasteiger charge is -2.34. The predicted octanol–water partition coefficient (Wildman–Crippen LogP) is 2.55. The average Bonchev–Trinajstić information content (AvgIpc) is 2.28. The first-order valence-electron chi connectivity index (χ1n) is 5.93. The lowest BCUT2D eigenvalue weighted by Crippen LogP contribution is -2.47. The Morgan fingerprint density at radius 3 is 3.06 bits per heavy atom. The van der Waals surface area contributed by atoms with Crippen molar-refractivity contribution in [1.82, 2.24) is 5.32 Å². The highest BCUT2D eigenvalue weighted by molar-refractivity contribution is 9.10. The number of carbonyl (C=O) groups is 1. The Kier molecular flexibility index (Phi) is 4.05. The lowest BCUT2D eigenvalue weighted by atomic mass is 10.0. The van der Waals surface area contributed by atoms with Gasteiger partial charge in [-0.2, -0.15) is 0 Å². The van der Waals surface area contributed by atoms with E-state index in [2.05, 4.69) is 38.3 Å². The summed E-state index contributed by atoms with van der Waals surface area (Å²) in [5.74, 6) is 0.0612. The van der Waals surface area contributed by atoms with Gasteiger partial charge >= 0.3 is 0 Å². The molecular weight excluding hydrogens is 280 g/mol. The smallest absolute Gasteiger partial charge is 0.217 e. The normalized spacial score (nSPS) is 20.1. The van der Waals surface area contributed by atoms with Gasteiger partial charge in [0.15, 0.2) is 0 Å². The molecule has 1 amide bonds. The summed E-state index contributed by atoms with van der Waals surface area (Å²) in [7, 11) is 0. The summed E-state index contributed by atoms with van der Waals surface area (Å²) in [6.45, 7) is 3.54. The number of anilines is 1. The lowest BCUT2D eigenvalue weighted by molar-refractivity contribution is -0.119. The molecule has 4 heteroatoms. The topological polar surface area (TPSA) is 32.3 Å². The van der Waals surface area contributed by atoms with Crippen LogP contribution >= 0.6 is 15.9 Å². The average molecular weight is 297 g/mol. The fourth-order valence-electron chi connectivity index (χ4n) is 2.29. The second-order valence-electron chi connectivity index (χ2n) is 4.47. The van der Waals surface area contributed by atoms with E-state index in [1.165, 1.54) is 5.69 Å². The molecule has 17 heavy (non-hydrogen) atoms. The fourth-order valence-corrected chi connectivity index (χ4v) is 2.68. The van der Waals surface area contributed by atoms with Gasteiger partial charge in [0, 0.05) is 36.2 Å². The van der Waals surface area contributed by atoms with Gasteiger partial charge in [-0.25, -0.2) is 0 Å². The van der Waals surface area contributed by atoms with Crippen LogP contribution in [0.25, 0.3) is 0 Å². The number of benzene rings is 1.